The van der Waals surface area contributed by atoms with E-state index in [9.17, 15) is 9.59 Å². The zero-order valence-electron chi connectivity index (χ0n) is 20.0. The summed E-state index contributed by atoms with van der Waals surface area (Å²) in [6, 6.07) is 13.1. The number of morpholine rings is 1. The minimum atomic E-state index is -0.293. The van der Waals surface area contributed by atoms with E-state index in [2.05, 4.69) is 40.1 Å². The van der Waals surface area contributed by atoms with Crippen LogP contribution in [0.25, 0.3) is 22.2 Å². The van der Waals surface area contributed by atoms with Crippen molar-refractivity contribution in [1.29, 1.82) is 0 Å². The number of fused-ring (bicyclic) bond motifs is 1. The topological polar surface area (TPSA) is 84.4 Å². The Labute approximate surface area is 221 Å². The van der Waals surface area contributed by atoms with Crippen LogP contribution in [0.4, 0.5) is 5.00 Å². The normalized spacial score (nSPS) is 13.8. The summed E-state index contributed by atoms with van der Waals surface area (Å²) < 4.78 is 6.25. The lowest BCUT2D eigenvalue weighted by molar-refractivity contribution is 0.0304. The van der Waals surface area contributed by atoms with E-state index < -0.39 is 0 Å². The smallest absolute Gasteiger partial charge is 0.257 e. The van der Waals surface area contributed by atoms with Gasteiger partial charge in [-0.3, -0.25) is 14.6 Å². The number of hydrogen-bond donors (Lipinski definition) is 1. The van der Waals surface area contributed by atoms with Gasteiger partial charge >= 0.3 is 0 Å². The van der Waals surface area contributed by atoms with Crippen LogP contribution in [-0.2, 0) is 4.74 Å². The van der Waals surface area contributed by atoms with E-state index in [0.717, 1.165) is 20.3 Å². The highest BCUT2D eigenvalue weighted by molar-refractivity contribution is 9.10. The summed E-state index contributed by atoms with van der Waals surface area (Å²) in [6.45, 7) is 6.27. The van der Waals surface area contributed by atoms with E-state index in [1.54, 1.807) is 23.4 Å². The monoisotopic (exact) mass is 564 g/mol. The first-order valence-corrected chi connectivity index (χ1v) is 13.3. The third kappa shape index (κ3) is 5.04. The molecule has 7 nitrogen and oxygen atoms in total. The van der Waals surface area contributed by atoms with Crippen molar-refractivity contribution in [3.05, 3.63) is 75.3 Å². The minimum Gasteiger partial charge on any atom is -0.378 e. The number of anilines is 1. The molecule has 0 atom stereocenters. The SMILES string of the molecule is CC(C)c1cc(C(=O)N2CCOCC2)c(NC(=O)c2cc(-c3cccnc3)nc3ccc(Br)cc23)s1. The van der Waals surface area contributed by atoms with Crippen LogP contribution in [-0.4, -0.2) is 53.0 Å². The van der Waals surface area contributed by atoms with Crippen LogP contribution in [0.1, 0.15) is 45.4 Å². The van der Waals surface area contributed by atoms with Crippen molar-refractivity contribution >= 4 is 55.0 Å². The summed E-state index contributed by atoms with van der Waals surface area (Å²) in [4.78, 5) is 38.9. The number of halogens is 1. The first-order valence-electron chi connectivity index (χ1n) is 11.7. The second-order valence-electron chi connectivity index (χ2n) is 8.86. The Kier molecular flexibility index (Phi) is 7.13. The van der Waals surface area contributed by atoms with Crippen molar-refractivity contribution in [2.75, 3.05) is 31.6 Å². The van der Waals surface area contributed by atoms with E-state index in [-0.39, 0.29) is 17.7 Å². The lowest BCUT2D eigenvalue weighted by atomic mass is 10.0. The number of carbonyl (C=O) groups excluding carboxylic acids is 2. The predicted molar refractivity (Wildman–Crippen MR) is 146 cm³/mol. The maximum Gasteiger partial charge on any atom is 0.257 e. The molecule has 3 aromatic heterocycles. The van der Waals surface area contributed by atoms with Crippen molar-refractivity contribution in [3.8, 4) is 11.3 Å². The van der Waals surface area contributed by atoms with E-state index in [1.807, 2.05) is 36.4 Å². The zero-order valence-corrected chi connectivity index (χ0v) is 22.4. The molecule has 1 N–H and O–H groups in total. The molecule has 5 rings (SSSR count). The van der Waals surface area contributed by atoms with Gasteiger partial charge in [-0.2, -0.15) is 0 Å². The molecular weight excluding hydrogens is 540 g/mol. The Morgan fingerprint density at radius 3 is 2.64 bits per heavy atom. The van der Waals surface area contributed by atoms with Gasteiger partial charge in [-0.1, -0.05) is 29.8 Å². The molecule has 184 valence electrons. The molecule has 4 aromatic rings. The number of amides is 2. The molecule has 36 heavy (non-hydrogen) atoms. The number of thiophene rings is 1. The molecule has 1 aliphatic heterocycles. The van der Waals surface area contributed by atoms with Crippen LogP contribution < -0.4 is 5.32 Å². The number of nitrogens with zero attached hydrogens (tertiary/aromatic N) is 3. The van der Waals surface area contributed by atoms with Crippen LogP contribution in [0.5, 0.6) is 0 Å². The van der Waals surface area contributed by atoms with Gasteiger partial charge < -0.3 is 15.0 Å². The molecule has 1 saturated heterocycles. The minimum absolute atomic E-state index is 0.0878. The Balaban J connectivity index is 1.55. The molecule has 0 unspecified atom stereocenters. The fourth-order valence-corrected chi connectivity index (χ4v) is 5.51. The van der Waals surface area contributed by atoms with Crippen LogP contribution in [0.15, 0.2) is 59.3 Å². The van der Waals surface area contributed by atoms with Gasteiger partial charge in [-0.05, 0) is 48.4 Å². The lowest BCUT2D eigenvalue weighted by Crippen LogP contribution is -2.40. The molecule has 9 heteroatoms. The summed E-state index contributed by atoms with van der Waals surface area (Å²) >= 11 is 4.96. The second kappa shape index (κ2) is 10.5. The van der Waals surface area contributed by atoms with Crippen molar-refractivity contribution in [1.82, 2.24) is 14.9 Å². The van der Waals surface area contributed by atoms with Crippen LogP contribution in [0.3, 0.4) is 0 Å². The first kappa shape index (κ1) is 24.5. The molecular formula is C27H25BrN4O3S. The van der Waals surface area contributed by atoms with Gasteiger partial charge in [0.25, 0.3) is 11.8 Å². The maximum absolute atomic E-state index is 13.7. The van der Waals surface area contributed by atoms with E-state index >= 15 is 0 Å². The number of rotatable bonds is 5. The number of ether oxygens (including phenoxy) is 1. The van der Waals surface area contributed by atoms with Crippen LogP contribution in [0.2, 0.25) is 0 Å². The third-order valence-electron chi connectivity index (χ3n) is 6.05. The van der Waals surface area contributed by atoms with Gasteiger partial charge in [0.2, 0.25) is 0 Å². The fraction of sp³-hybridized carbons (Fsp3) is 0.259. The number of aromatic nitrogens is 2. The fourth-order valence-electron chi connectivity index (χ4n) is 4.10. The Morgan fingerprint density at radius 2 is 1.92 bits per heavy atom. The molecule has 0 saturated carbocycles. The number of pyridine rings is 2. The summed E-state index contributed by atoms with van der Waals surface area (Å²) in [6.07, 6.45) is 3.42. The summed E-state index contributed by atoms with van der Waals surface area (Å²) in [7, 11) is 0. The average molecular weight is 565 g/mol. The van der Waals surface area contributed by atoms with Crippen molar-refractivity contribution in [2.24, 2.45) is 0 Å². The third-order valence-corrected chi connectivity index (χ3v) is 7.89. The molecule has 0 radical (unpaired) electrons. The Bertz CT molecular complexity index is 1430. The number of benzene rings is 1. The summed E-state index contributed by atoms with van der Waals surface area (Å²) in [5.74, 6) is -0.152. The van der Waals surface area contributed by atoms with Gasteiger partial charge in [-0.25, -0.2) is 4.98 Å². The molecule has 0 bridgehead atoms. The average Bonchev–Trinajstić information content (AvgIpc) is 3.32. The lowest BCUT2D eigenvalue weighted by Gasteiger charge is -2.26. The Morgan fingerprint density at radius 1 is 1.11 bits per heavy atom. The van der Waals surface area contributed by atoms with Gasteiger partial charge in [0.1, 0.15) is 5.00 Å². The molecule has 1 aliphatic rings. The van der Waals surface area contributed by atoms with E-state index in [0.29, 0.717) is 53.6 Å². The first-order chi connectivity index (χ1) is 17.4. The van der Waals surface area contributed by atoms with Crippen molar-refractivity contribution in [2.45, 2.75) is 19.8 Å². The highest BCUT2D eigenvalue weighted by Crippen LogP contribution is 2.35. The van der Waals surface area contributed by atoms with Gasteiger partial charge in [-0.15, -0.1) is 11.3 Å². The maximum atomic E-state index is 13.7. The molecule has 0 aliphatic carbocycles. The van der Waals surface area contributed by atoms with Crippen molar-refractivity contribution < 1.29 is 14.3 Å². The van der Waals surface area contributed by atoms with Gasteiger partial charge in [0.15, 0.2) is 0 Å². The number of carbonyl (C=O) groups is 2. The molecule has 1 fully saturated rings. The highest BCUT2D eigenvalue weighted by Gasteiger charge is 2.26. The molecule has 1 aromatic carbocycles. The molecule has 0 spiro atoms. The standard InChI is InChI=1S/C27H25BrN4O3S/c1-16(2)24-14-21(27(34)32-8-10-35-11-9-32)26(36-24)31-25(33)20-13-23(17-4-3-7-29-15-17)30-22-6-5-18(28)12-19(20)22/h3-7,12-16H,8-11H2,1-2H3,(H,31,33). The molecule has 2 amide bonds. The second-order valence-corrected chi connectivity index (χ2v) is 10.9. The zero-order chi connectivity index (χ0) is 25.2. The quantitative estimate of drug-likeness (QED) is 0.323. The number of hydrogen-bond acceptors (Lipinski definition) is 6. The molecule has 4 heterocycles. The van der Waals surface area contributed by atoms with E-state index in [1.165, 1.54) is 11.3 Å². The summed E-state index contributed by atoms with van der Waals surface area (Å²) in [5.41, 5.74) is 3.17. The van der Waals surface area contributed by atoms with E-state index in [4.69, 9.17) is 9.72 Å². The van der Waals surface area contributed by atoms with Gasteiger partial charge in [0, 0.05) is 45.8 Å². The van der Waals surface area contributed by atoms with Crippen molar-refractivity contribution in [3.63, 3.8) is 0 Å². The van der Waals surface area contributed by atoms with Crippen LogP contribution >= 0.6 is 27.3 Å². The Hall–Kier alpha value is -3.14. The predicted octanol–water partition coefficient (Wildman–Crippen LogP) is 5.97. The van der Waals surface area contributed by atoms with Crippen LogP contribution in [0, 0.1) is 0 Å². The summed E-state index contributed by atoms with van der Waals surface area (Å²) in [5, 5.41) is 4.33. The number of nitrogens with one attached hydrogen (secondary N) is 1. The largest absolute Gasteiger partial charge is 0.378 e. The van der Waals surface area contributed by atoms with Gasteiger partial charge in [0.05, 0.1) is 35.6 Å². The highest BCUT2D eigenvalue weighted by atomic mass is 79.9.